The first-order valence-corrected chi connectivity index (χ1v) is 6.09. The topological polar surface area (TPSA) is 29.1 Å². The summed E-state index contributed by atoms with van der Waals surface area (Å²) in [5.41, 5.74) is 2.15. The lowest BCUT2D eigenvalue weighted by molar-refractivity contribution is -0.114. The molecule has 2 nitrogen and oxygen atoms in total. The molecule has 1 rings (SSSR count). The number of carbonyl (C=O) groups excluding carboxylic acids is 1. The van der Waals surface area contributed by atoms with E-state index in [2.05, 4.69) is 31.3 Å². The molecule has 0 spiro atoms. The quantitative estimate of drug-likeness (QED) is 0.762. The smallest absolute Gasteiger partial charge is 0.157 e. The predicted octanol–water partition coefficient (Wildman–Crippen LogP) is 3.09. The summed E-state index contributed by atoms with van der Waals surface area (Å²) in [6.07, 6.45) is 3.08. The zero-order valence-electron chi connectivity index (χ0n) is 10.9. The fourth-order valence-electron chi connectivity index (χ4n) is 1.72. The van der Waals surface area contributed by atoms with Crippen LogP contribution in [0.25, 0.3) is 0 Å². The third-order valence-electron chi connectivity index (χ3n) is 2.40. The van der Waals surface area contributed by atoms with E-state index in [0.29, 0.717) is 12.5 Å². The van der Waals surface area contributed by atoms with E-state index in [9.17, 15) is 4.79 Å². The number of allylic oxidation sites excluding steroid dienone is 2. The van der Waals surface area contributed by atoms with Gasteiger partial charge in [0.1, 0.15) is 0 Å². The van der Waals surface area contributed by atoms with Gasteiger partial charge in [-0.1, -0.05) is 30.3 Å². The molecule has 0 bridgehead atoms. The van der Waals surface area contributed by atoms with Crippen LogP contribution in [-0.4, -0.2) is 11.8 Å². The van der Waals surface area contributed by atoms with Crippen LogP contribution < -0.4 is 5.32 Å². The van der Waals surface area contributed by atoms with Gasteiger partial charge in [-0.2, -0.15) is 0 Å². The molecule has 0 radical (unpaired) electrons. The Hall–Kier alpha value is -1.57. The molecule has 1 aromatic carbocycles. The molecule has 0 saturated carbocycles. The summed E-state index contributed by atoms with van der Waals surface area (Å²) in [6, 6.07) is 10.5. The zero-order valence-corrected chi connectivity index (χ0v) is 10.9. The van der Waals surface area contributed by atoms with Crippen LogP contribution >= 0.6 is 0 Å². The van der Waals surface area contributed by atoms with Crippen LogP contribution in [0.15, 0.2) is 42.1 Å². The van der Waals surface area contributed by atoms with Gasteiger partial charge in [-0.15, -0.1) is 0 Å². The summed E-state index contributed by atoms with van der Waals surface area (Å²) in [5, 5.41) is 3.21. The molecule has 0 aliphatic rings. The fourth-order valence-corrected chi connectivity index (χ4v) is 1.72. The highest BCUT2D eigenvalue weighted by molar-refractivity contribution is 5.90. The Kier molecular flexibility index (Phi) is 5.47. The van der Waals surface area contributed by atoms with Crippen molar-refractivity contribution in [2.75, 3.05) is 0 Å². The van der Waals surface area contributed by atoms with Crippen LogP contribution in [0.5, 0.6) is 0 Å². The van der Waals surface area contributed by atoms with Crippen LogP contribution in [0.4, 0.5) is 0 Å². The molecule has 0 heterocycles. The van der Waals surface area contributed by atoms with Crippen molar-refractivity contribution >= 4 is 5.78 Å². The second-order valence-electron chi connectivity index (χ2n) is 4.58. The average Bonchev–Trinajstić information content (AvgIpc) is 2.26. The van der Waals surface area contributed by atoms with Crippen LogP contribution in [0, 0.1) is 0 Å². The molecular weight excluding hydrogens is 210 g/mol. The van der Waals surface area contributed by atoms with Crippen molar-refractivity contribution in [3.05, 3.63) is 47.7 Å². The maximum atomic E-state index is 11.7. The molecule has 2 heteroatoms. The largest absolute Gasteiger partial charge is 0.386 e. The maximum absolute atomic E-state index is 11.7. The number of benzene rings is 1. The lowest BCUT2D eigenvalue weighted by Crippen LogP contribution is -2.21. The van der Waals surface area contributed by atoms with Gasteiger partial charge in [0.2, 0.25) is 0 Å². The Morgan fingerprint density at radius 1 is 1.29 bits per heavy atom. The highest BCUT2D eigenvalue weighted by Gasteiger charge is 2.01. The second kappa shape index (κ2) is 6.89. The first-order valence-electron chi connectivity index (χ1n) is 6.09. The third-order valence-corrected chi connectivity index (χ3v) is 2.40. The molecule has 0 aromatic heterocycles. The van der Waals surface area contributed by atoms with E-state index in [1.807, 2.05) is 25.1 Å². The number of hydrogen-bond acceptors (Lipinski definition) is 2. The number of hydrogen-bond donors (Lipinski definition) is 1. The summed E-state index contributed by atoms with van der Waals surface area (Å²) in [4.78, 5) is 11.7. The molecule has 0 aliphatic carbocycles. The van der Waals surface area contributed by atoms with Crippen LogP contribution in [0.2, 0.25) is 0 Å². The maximum Gasteiger partial charge on any atom is 0.157 e. The zero-order chi connectivity index (χ0) is 12.7. The summed E-state index contributed by atoms with van der Waals surface area (Å²) < 4.78 is 0. The molecule has 92 valence electrons. The summed E-state index contributed by atoms with van der Waals surface area (Å²) >= 11 is 0. The first kappa shape index (κ1) is 13.5. The van der Waals surface area contributed by atoms with Crippen molar-refractivity contribution < 1.29 is 4.79 Å². The number of rotatable bonds is 6. The van der Waals surface area contributed by atoms with Gasteiger partial charge in [0.25, 0.3) is 0 Å². The predicted molar refractivity (Wildman–Crippen MR) is 71.8 cm³/mol. The standard InChI is InChI=1S/C15H21NO/c1-12(2)16-13(3)11-15(17)10-9-14-7-5-4-6-8-14/h4-8,11-12,16H,9-10H2,1-3H3/b13-11+. The minimum atomic E-state index is 0.180. The molecule has 0 atom stereocenters. The minimum absolute atomic E-state index is 0.180. The summed E-state index contributed by atoms with van der Waals surface area (Å²) in [7, 11) is 0. The van der Waals surface area contributed by atoms with Crippen molar-refractivity contribution in [1.29, 1.82) is 0 Å². The Morgan fingerprint density at radius 3 is 2.53 bits per heavy atom. The Bertz CT molecular complexity index is 379. The van der Waals surface area contributed by atoms with E-state index in [1.54, 1.807) is 6.08 Å². The lowest BCUT2D eigenvalue weighted by Gasteiger charge is -2.09. The van der Waals surface area contributed by atoms with E-state index in [4.69, 9.17) is 0 Å². The Labute approximate surface area is 104 Å². The SMILES string of the molecule is C/C(=C\C(=O)CCc1ccccc1)NC(C)C. The van der Waals surface area contributed by atoms with Gasteiger partial charge < -0.3 is 5.32 Å². The average molecular weight is 231 g/mol. The van der Waals surface area contributed by atoms with Crippen molar-refractivity contribution in [2.45, 2.75) is 39.7 Å². The molecule has 0 unspecified atom stereocenters. The Morgan fingerprint density at radius 2 is 1.94 bits per heavy atom. The lowest BCUT2D eigenvalue weighted by atomic mass is 10.1. The van der Waals surface area contributed by atoms with Crippen LogP contribution in [-0.2, 0) is 11.2 Å². The van der Waals surface area contributed by atoms with Gasteiger partial charge in [0.05, 0.1) is 0 Å². The number of nitrogens with one attached hydrogen (secondary N) is 1. The van der Waals surface area contributed by atoms with E-state index in [-0.39, 0.29) is 5.78 Å². The van der Waals surface area contributed by atoms with Crippen LogP contribution in [0.3, 0.4) is 0 Å². The number of carbonyl (C=O) groups is 1. The fraction of sp³-hybridized carbons (Fsp3) is 0.400. The second-order valence-corrected chi connectivity index (χ2v) is 4.58. The molecule has 0 fully saturated rings. The van der Waals surface area contributed by atoms with Crippen molar-refractivity contribution in [1.82, 2.24) is 5.32 Å². The van der Waals surface area contributed by atoms with E-state index >= 15 is 0 Å². The minimum Gasteiger partial charge on any atom is -0.386 e. The van der Waals surface area contributed by atoms with Gasteiger partial charge in [-0.3, -0.25) is 4.79 Å². The van der Waals surface area contributed by atoms with Gasteiger partial charge in [0, 0.05) is 18.2 Å². The van der Waals surface area contributed by atoms with Gasteiger partial charge in [0.15, 0.2) is 5.78 Å². The Balaban J connectivity index is 2.40. The van der Waals surface area contributed by atoms with E-state index < -0.39 is 0 Å². The molecule has 0 amide bonds. The molecular formula is C15H21NO. The van der Waals surface area contributed by atoms with E-state index in [0.717, 1.165) is 12.1 Å². The highest BCUT2D eigenvalue weighted by atomic mass is 16.1. The molecule has 0 saturated heterocycles. The van der Waals surface area contributed by atoms with Crippen molar-refractivity contribution in [3.63, 3.8) is 0 Å². The monoisotopic (exact) mass is 231 g/mol. The van der Waals surface area contributed by atoms with Crippen LogP contribution in [0.1, 0.15) is 32.8 Å². The summed E-state index contributed by atoms with van der Waals surface area (Å²) in [5.74, 6) is 0.180. The number of ketones is 1. The normalized spacial score (nSPS) is 11.6. The third kappa shape index (κ3) is 5.91. The van der Waals surface area contributed by atoms with Crippen molar-refractivity contribution in [2.24, 2.45) is 0 Å². The van der Waals surface area contributed by atoms with Gasteiger partial charge in [-0.05, 0) is 38.8 Å². The molecule has 17 heavy (non-hydrogen) atoms. The van der Waals surface area contributed by atoms with Crippen molar-refractivity contribution in [3.8, 4) is 0 Å². The van der Waals surface area contributed by atoms with E-state index in [1.165, 1.54) is 5.56 Å². The van der Waals surface area contributed by atoms with Gasteiger partial charge >= 0.3 is 0 Å². The molecule has 1 aromatic rings. The first-order chi connectivity index (χ1) is 8.08. The van der Waals surface area contributed by atoms with Gasteiger partial charge in [-0.25, -0.2) is 0 Å². The number of aryl methyl sites for hydroxylation is 1. The molecule has 0 aliphatic heterocycles. The molecule has 1 N–H and O–H groups in total. The highest BCUT2D eigenvalue weighted by Crippen LogP contribution is 2.04. The summed E-state index contributed by atoms with van der Waals surface area (Å²) in [6.45, 7) is 6.05.